The minimum Gasteiger partial charge on any atom is -0.506 e. The molecule has 0 aromatic heterocycles. The molecule has 1 aliphatic heterocycles. The first-order valence-electron chi connectivity index (χ1n) is 10.7. The fraction of sp³-hybridized carbons (Fsp3) is 0.269. The second kappa shape index (κ2) is 9.23. The molecule has 1 fully saturated rings. The summed E-state index contributed by atoms with van der Waals surface area (Å²) in [5.41, 5.74) is 4.86. The van der Waals surface area contributed by atoms with Crippen molar-refractivity contribution < 1.29 is 9.90 Å². The van der Waals surface area contributed by atoms with Crippen molar-refractivity contribution in [3.8, 4) is 5.75 Å². The molecular weight excluding hydrogens is 386 g/mol. The number of hydrogen-bond donors (Lipinski definition) is 2. The number of anilines is 2. The monoisotopic (exact) mass is 415 g/mol. The smallest absolute Gasteiger partial charge is 0.246 e. The maximum absolute atomic E-state index is 13.5. The Hall–Kier alpha value is -3.31. The number of carbonyl (C=O) groups excluding carboxylic acids is 1. The van der Waals surface area contributed by atoms with E-state index < -0.39 is 0 Å². The molecule has 0 saturated carbocycles. The number of nitrogens with zero attached hydrogens (tertiary/aromatic N) is 2. The highest BCUT2D eigenvalue weighted by Crippen LogP contribution is 2.30. The molecule has 0 unspecified atom stereocenters. The lowest BCUT2D eigenvalue weighted by Crippen LogP contribution is -2.50. The molecule has 1 aliphatic rings. The van der Waals surface area contributed by atoms with Gasteiger partial charge in [-0.25, -0.2) is 0 Å². The van der Waals surface area contributed by atoms with E-state index in [2.05, 4.69) is 21.2 Å². The topological polar surface area (TPSA) is 55.8 Å². The first kappa shape index (κ1) is 20.9. The summed E-state index contributed by atoms with van der Waals surface area (Å²) in [4.78, 5) is 17.9. The second-order valence-corrected chi connectivity index (χ2v) is 8.13. The number of aryl methyl sites for hydroxylation is 2. The van der Waals surface area contributed by atoms with Crippen LogP contribution in [0.1, 0.15) is 22.7 Å². The minimum absolute atomic E-state index is 0.0177. The van der Waals surface area contributed by atoms with Crippen LogP contribution in [0.15, 0.2) is 72.8 Å². The molecule has 5 nitrogen and oxygen atoms in total. The number of aromatic hydroxyl groups is 1. The zero-order valence-electron chi connectivity index (χ0n) is 18.1. The second-order valence-electron chi connectivity index (χ2n) is 8.13. The molecule has 3 aromatic carbocycles. The number of nitrogens with one attached hydrogen (secondary N) is 1. The number of para-hydroxylation sites is 2. The van der Waals surface area contributed by atoms with Gasteiger partial charge in [0.2, 0.25) is 5.91 Å². The number of amides is 1. The van der Waals surface area contributed by atoms with Crippen LogP contribution in [0.5, 0.6) is 5.75 Å². The third-order valence-corrected chi connectivity index (χ3v) is 5.92. The van der Waals surface area contributed by atoms with Gasteiger partial charge in [-0.1, -0.05) is 54.6 Å². The van der Waals surface area contributed by atoms with Crippen molar-refractivity contribution in [2.24, 2.45) is 0 Å². The number of piperazine rings is 1. The van der Waals surface area contributed by atoms with E-state index in [1.54, 1.807) is 6.07 Å². The van der Waals surface area contributed by atoms with Crippen molar-refractivity contribution in [3.63, 3.8) is 0 Å². The van der Waals surface area contributed by atoms with Crippen molar-refractivity contribution in [1.29, 1.82) is 0 Å². The number of carbonyl (C=O) groups is 1. The van der Waals surface area contributed by atoms with Crippen molar-refractivity contribution in [2.75, 3.05) is 36.4 Å². The molecule has 0 spiro atoms. The molecule has 1 saturated heterocycles. The molecule has 1 heterocycles. The van der Waals surface area contributed by atoms with Crippen LogP contribution in [0.25, 0.3) is 0 Å². The molecular formula is C26H29N3O2. The quantitative estimate of drug-likeness (QED) is 0.644. The lowest BCUT2D eigenvalue weighted by atomic mass is 10.0. The number of hydrogen-bond acceptors (Lipinski definition) is 4. The van der Waals surface area contributed by atoms with Gasteiger partial charge in [0.25, 0.3) is 0 Å². The van der Waals surface area contributed by atoms with Crippen LogP contribution in [-0.4, -0.2) is 42.1 Å². The van der Waals surface area contributed by atoms with E-state index in [1.807, 2.05) is 74.5 Å². The largest absolute Gasteiger partial charge is 0.506 e. The summed E-state index contributed by atoms with van der Waals surface area (Å²) >= 11 is 0. The summed E-state index contributed by atoms with van der Waals surface area (Å²) in [5, 5.41) is 13.4. The molecule has 5 heteroatoms. The summed E-state index contributed by atoms with van der Waals surface area (Å²) in [6.45, 7) is 7.00. The average Bonchev–Trinajstić information content (AvgIpc) is 2.78. The third-order valence-electron chi connectivity index (χ3n) is 5.92. The Morgan fingerprint density at radius 2 is 1.58 bits per heavy atom. The molecule has 2 N–H and O–H groups in total. The van der Waals surface area contributed by atoms with Gasteiger partial charge in [-0.15, -0.1) is 0 Å². The van der Waals surface area contributed by atoms with Gasteiger partial charge in [-0.05, 0) is 48.7 Å². The Morgan fingerprint density at radius 3 is 2.29 bits per heavy atom. The molecule has 1 atom stereocenters. The van der Waals surface area contributed by atoms with Crippen LogP contribution in [0.4, 0.5) is 11.4 Å². The first-order chi connectivity index (χ1) is 15.0. The Labute approximate surface area is 183 Å². The van der Waals surface area contributed by atoms with Crippen molar-refractivity contribution in [2.45, 2.75) is 19.9 Å². The maximum Gasteiger partial charge on any atom is 0.246 e. The van der Waals surface area contributed by atoms with Gasteiger partial charge in [-0.2, -0.15) is 0 Å². The van der Waals surface area contributed by atoms with Gasteiger partial charge in [0, 0.05) is 31.9 Å². The SMILES string of the molecule is Cc1ccc(C)c(NC(=O)[C@H](c2ccccc2)N2CCN(c3ccccc3O)CC2)c1. The highest BCUT2D eigenvalue weighted by atomic mass is 16.3. The van der Waals surface area contributed by atoms with Gasteiger partial charge in [0.1, 0.15) is 11.8 Å². The lowest BCUT2D eigenvalue weighted by molar-refractivity contribution is -0.121. The Bertz CT molecular complexity index is 1040. The zero-order valence-corrected chi connectivity index (χ0v) is 18.1. The highest BCUT2D eigenvalue weighted by Gasteiger charge is 2.31. The van der Waals surface area contributed by atoms with Gasteiger partial charge in [0.05, 0.1) is 5.69 Å². The van der Waals surface area contributed by atoms with Crippen LogP contribution in [-0.2, 0) is 4.79 Å². The predicted octanol–water partition coefficient (Wildman–Crippen LogP) is 4.51. The highest BCUT2D eigenvalue weighted by molar-refractivity contribution is 5.96. The van der Waals surface area contributed by atoms with Crippen LogP contribution in [0, 0.1) is 13.8 Å². The lowest BCUT2D eigenvalue weighted by Gasteiger charge is -2.40. The van der Waals surface area contributed by atoms with E-state index in [9.17, 15) is 9.90 Å². The van der Waals surface area contributed by atoms with E-state index in [0.29, 0.717) is 5.75 Å². The molecule has 0 aliphatic carbocycles. The maximum atomic E-state index is 13.5. The number of phenolic OH excluding ortho intramolecular Hbond substituents is 1. The van der Waals surface area contributed by atoms with Gasteiger partial charge in [-0.3, -0.25) is 9.69 Å². The average molecular weight is 416 g/mol. The number of rotatable bonds is 5. The van der Waals surface area contributed by atoms with E-state index in [0.717, 1.165) is 54.2 Å². The molecule has 160 valence electrons. The Balaban J connectivity index is 1.54. The standard InChI is InChI=1S/C26H29N3O2/c1-19-12-13-20(2)22(18-19)27-26(31)25(21-8-4-3-5-9-21)29-16-14-28(15-17-29)23-10-6-7-11-24(23)30/h3-13,18,25,30H,14-17H2,1-2H3,(H,27,31)/t25-/m0/s1. The fourth-order valence-corrected chi connectivity index (χ4v) is 4.19. The van der Waals surface area contributed by atoms with Crippen LogP contribution in [0.2, 0.25) is 0 Å². The number of phenols is 1. The van der Waals surface area contributed by atoms with E-state index in [1.165, 1.54) is 0 Å². The summed E-state index contributed by atoms with van der Waals surface area (Å²) in [7, 11) is 0. The third kappa shape index (κ3) is 4.72. The summed E-state index contributed by atoms with van der Waals surface area (Å²) in [6, 6.07) is 23.1. The first-order valence-corrected chi connectivity index (χ1v) is 10.7. The molecule has 0 radical (unpaired) electrons. The van der Waals surface area contributed by atoms with Crippen molar-refractivity contribution in [1.82, 2.24) is 4.90 Å². The van der Waals surface area contributed by atoms with Gasteiger partial charge < -0.3 is 15.3 Å². The Morgan fingerprint density at radius 1 is 0.903 bits per heavy atom. The molecule has 0 bridgehead atoms. The van der Waals surface area contributed by atoms with Crippen LogP contribution < -0.4 is 10.2 Å². The summed E-state index contributed by atoms with van der Waals surface area (Å²) < 4.78 is 0. The van der Waals surface area contributed by atoms with E-state index >= 15 is 0 Å². The summed E-state index contributed by atoms with van der Waals surface area (Å²) in [5.74, 6) is 0.277. The zero-order chi connectivity index (χ0) is 21.8. The minimum atomic E-state index is -0.368. The predicted molar refractivity (Wildman–Crippen MR) is 126 cm³/mol. The normalized spacial score (nSPS) is 15.5. The van der Waals surface area contributed by atoms with E-state index in [4.69, 9.17) is 0 Å². The van der Waals surface area contributed by atoms with Crippen molar-refractivity contribution in [3.05, 3.63) is 89.5 Å². The fourth-order valence-electron chi connectivity index (χ4n) is 4.19. The number of benzene rings is 3. The Kier molecular flexibility index (Phi) is 6.23. The molecule has 31 heavy (non-hydrogen) atoms. The molecule has 1 amide bonds. The van der Waals surface area contributed by atoms with Gasteiger partial charge >= 0.3 is 0 Å². The summed E-state index contributed by atoms with van der Waals surface area (Å²) in [6.07, 6.45) is 0. The van der Waals surface area contributed by atoms with Crippen LogP contribution >= 0.6 is 0 Å². The van der Waals surface area contributed by atoms with Crippen molar-refractivity contribution >= 4 is 17.3 Å². The van der Waals surface area contributed by atoms with E-state index in [-0.39, 0.29) is 11.9 Å². The van der Waals surface area contributed by atoms with Crippen LogP contribution in [0.3, 0.4) is 0 Å². The molecule has 4 rings (SSSR count). The van der Waals surface area contributed by atoms with Gasteiger partial charge in [0.15, 0.2) is 0 Å². The molecule has 3 aromatic rings.